The van der Waals surface area contributed by atoms with Gasteiger partial charge in [0.25, 0.3) is 0 Å². The lowest BCUT2D eigenvalue weighted by molar-refractivity contribution is 0.193. The lowest BCUT2D eigenvalue weighted by Crippen LogP contribution is -2.15. The van der Waals surface area contributed by atoms with E-state index in [1.165, 1.54) is 11.3 Å². The SMILES string of the molecule is NC(CO)c1nn2c(C3CCOC3)nnc2s1. The third-order valence-electron chi connectivity index (χ3n) is 2.84. The number of rotatable bonds is 3. The van der Waals surface area contributed by atoms with Crippen molar-refractivity contribution in [3.05, 3.63) is 10.8 Å². The van der Waals surface area contributed by atoms with Gasteiger partial charge < -0.3 is 15.6 Å². The van der Waals surface area contributed by atoms with Crippen LogP contribution in [0.1, 0.15) is 29.2 Å². The fourth-order valence-electron chi connectivity index (χ4n) is 1.87. The third kappa shape index (κ3) is 1.82. The Labute approximate surface area is 101 Å². The molecule has 2 unspecified atom stereocenters. The van der Waals surface area contributed by atoms with Crippen LogP contribution in [-0.2, 0) is 4.74 Å². The van der Waals surface area contributed by atoms with Gasteiger partial charge in [0.15, 0.2) is 5.82 Å². The molecular weight excluding hydrogens is 242 g/mol. The molecule has 1 aliphatic rings. The van der Waals surface area contributed by atoms with Crippen LogP contribution in [0, 0.1) is 0 Å². The van der Waals surface area contributed by atoms with Gasteiger partial charge in [-0.1, -0.05) is 11.3 Å². The van der Waals surface area contributed by atoms with Crippen LogP contribution in [0.3, 0.4) is 0 Å². The first-order valence-corrected chi connectivity index (χ1v) is 6.27. The van der Waals surface area contributed by atoms with Crippen LogP contribution in [0.2, 0.25) is 0 Å². The first-order chi connectivity index (χ1) is 8.29. The molecule has 2 atom stereocenters. The van der Waals surface area contributed by atoms with Crippen molar-refractivity contribution in [2.75, 3.05) is 19.8 Å². The fraction of sp³-hybridized carbons (Fsp3) is 0.667. The highest BCUT2D eigenvalue weighted by atomic mass is 32.1. The monoisotopic (exact) mass is 255 g/mol. The molecule has 0 aliphatic carbocycles. The van der Waals surface area contributed by atoms with Crippen LogP contribution in [0.15, 0.2) is 0 Å². The van der Waals surface area contributed by atoms with Crippen LogP contribution in [-0.4, -0.2) is 44.7 Å². The lowest BCUT2D eigenvalue weighted by atomic mass is 10.1. The molecule has 2 aromatic heterocycles. The van der Waals surface area contributed by atoms with Gasteiger partial charge in [-0.3, -0.25) is 0 Å². The van der Waals surface area contributed by atoms with Crippen LogP contribution in [0.25, 0.3) is 4.96 Å². The maximum atomic E-state index is 9.01. The van der Waals surface area contributed by atoms with Gasteiger partial charge in [0.2, 0.25) is 4.96 Å². The molecule has 7 nitrogen and oxygen atoms in total. The third-order valence-corrected chi connectivity index (χ3v) is 3.87. The summed E-state index contributed by atoms with van der Waals surface area (Å²) < 4.78 is 7.05. The van der Waals surface area contributed by atoms with Gasteiger partial charge in [-0.2, -0.15) is 9.61 Å². The minimum Gasteiger partial charge on any atom is -0.394 e. The zero-order valence-corrected chi connectivity index (χ0v) is 9.93. The molecule has 0 spiro atoms. The minimum atomic E-state index is -0.450. The van der Waals surface area contributed by atoms with E-state index in [1.54, 1.807) is 4.52 Å². The molecule has 0 saturated carbocycles. The molecule has 8 heteroatoms. The minimum absolute atomic E-state index is 0.119. The average Bonchev–Trinajstić information content (AvgIpc) is 3.02. The van der Waals surface area contributed by atoms with Crippen LogP contribution < -0.4 is 5.73 Å². The Balaban J connectivity index is 1.99. The molecule has 0 radical (unpaired) electrons. The van der Waals surface area contributed by atoms with Crippen molar-refractivity contribution in [1.82, 2.24) is 19.8 Å². The van der Waals surface area contributed by atoms with Gasteiger partial charge >= 0.3 is 0 Å². The Morgan fingerprint density at radius 1 is 1.59 bits per heavy atom. The van der Waals surface area contributed by atoms with Crippen LogP contribution >= 0.6 is 11.3 Å². The normalized spacial score (nSPS) is 22.4. The predicted molar refractivity (Wildman–Crippen MR) is 60.9 cm³/mol. The number of aliphatic hydroxyl groups is 1. The Kier molecular flexibility index (Phi) is 2.79. The number of nitrogens with zero attached hydrogens (tertiary/aromatic N) is 4. The predicted octanol–water partition coefficient (Wildman–Crippen LogP) is -0.318. The summed E-state index contributed by atoms with van der Waals surface area (Å²) >= 11 is 1.36. The zero-order chi connectivity index (χ0) is 11.8. The van der Waals surface area contributed by atoms with Gasteiger partial charge in [0.05, 0.1) is 19.3 Å². The number of fused-ring (bicyclic) bond motifs is 1. The first kappa shape index (κ1) is 11.0. The van der Waals surface area contributed by atoms with Gasteiger partial charge in [-0.25, -0.2) is 0 Å². The summed E-state index contributed by atoms with van der Waals surface area (Å²) in [4.78, 5) is 0.714. The standard InChI is InChI=1S/C9H13N5O2S/c10-6(3-15)8-13-14-7(5-1-2-16-4-5)11-12-9(14)17-8/h5-6,15H,1-4,10H2. The van der Waals surface area contributed by atoms with E-state index in [4.69, 9.17) is 15.6 Å². The fourth-order valence-corrected chi connectivity index (χ4v) is 2.71. The molecule has 0 bridgehead atoms. The number of hydrogen-bond acceptors (Lipinski definition) is 7. The van der Waals surface area contributed by atoms with E-state index in [2.05, 4.69) is 15.3 Å². The van der Waals surface area contributed by atoms with Gasteiger partial charge in [-0.15, -0.1) is 10.2 Å². The van der Waals surface area contributed by atoms with E-state index in [0.717, 1.165) is 18.9 Å². The Bertz CT molecular complexity index is 518. The summed E-state index contributed by atoms with van der Waals surface area (Å²) in [5, 5.41) is 22.3. The molecule has 92 valence electrons. The lowest BCUT2D eigenvalue weighted by Gasteiger charge is -2.03. The summed E-state index contributed by atoms with van der Waals surface area (Å²) in [5.74, 6) is 1.08. The van der Waals surface area contributed by atoms with Crippen molar-refractivity contribution in [3.63, 3.8) is 0 Å². The zero-order valence-electron chi connectivity index (χ0n) is 9.11. The quantitative estimate of drug-likeness (QED) is 0.780. The van der Waals surface area contributed by atoms with E-state index in [0.29, 0.717) is 16.6 Å². The summed E-state index contributed by atoms with van der Waals surface area (Å²) in [7, 11) is 0. The van der Waals surface area contributed by atoms with Gasteiger partial charge in [0, 0.05) is 12.5 Å². The van der Waals surface area contributed by atoms with Crippen molar-refractivity contribution >= 4 is 16.3 Å². The number of nitrogens with two attached hydrogens (primary N) is 1. The molecule has 1 saturated heterocycles. The van der Waals surface area contributed by atoms with Crippen molar-refractivity contribution in [3.8, 4) is 0 Å². The largest absolute Gasteiger partial charge is 0.394 e. The second-order valence-corrected chi connectivity index (χ2v) is 5.03. The molecule has 3 rings (SSSR count). The Morgan fingerprint density at radius 3 is 3.18 bits per heavy atom. The van der Waals surface area contributed by atoms with Crippen molar-refractivity contribution < 1.29 is 9.84 Å². The average molecular weight is 255 g/mol. The van der Waals surface area contributed by atoms with E-state index < -0.39 is 6.04 Å². The molecular formula is C9H13N5O2S. The van der Waals surface area contributed by atoms with Crippen molar-refractivity contribution in [2.24, 2.45) is 5.73 Å². The molecule has 0 amide bonds. The number of ether oxygens (including phenoxy) is 1. The first-order valence-electron chi connectivity index (χ1n) is 5.46. The second kappa shape index (κ2) is 4.30. The van der Waals surface area contributed by atoms with E-state index >= 15 is 0 Å². The Morgan fingerprint density at radius 2 is 2.47 bits per heavy atom. The Hall–Kier alpha value is -1.09. The number of aliphatic hydroxyl groups excluding tert-OH is 1. The van der Waals surface area contributed by atoms with E-state index in [1.807, 2.05) is 0 Å². The highest BCUT2D eigenvalue weighted by Gasteiger charge is 2.25. The van der Waals surface area contributed by atoms with Gasteiger partial charge in [-0.05, 0) is 6.42 Å². The maximum absolute atomic E-state index is 9.01. The summed E-state index contributed by atoms with van der Waals surface area (Å²) in [6.07, 6.45) is 0.944. The highest BCUT2D eigenvalue weighted by molar-refractivity contribution is 7.16. The smallest absolute Gasteiger partial charge is 0.234 e. The van der Waals surface area contributed by atoms with Gasteiger partial charge in [0.1, 0.15) is 5.01 Å². The molecule has 17 heavy (non-hydrogen) atoms. The molecule has 1 aliphatic heterocycles. The van der Waals surface area contributed by atoms with Crippen LogP contribution in [0.4, 0.5) is 0 Å². The van der Waals surface area contributed by atoms with Crippen molar-refractivity contribution in [1.29, 1.82) is 0 Å². The molecule has 3 N–H and O–H groups in total. The molecule has 0 aromatic carbocycles. The van der Waals surface area contributed by atoms with E-state index in [9.17, 15) is 0 Å². The number of hydrogen-bond donors (Lipinski definition) is 2. The summed E-state index contributed by atoms with van der Waals surface area (Å²) in [5.41, 5.74) is 5.73. The molecule has 2 aromatic rings. The van der Waals surface area contributed by atoms with Crippen LogP contribution in [0.5, 0.6) is 0 Å². The van der Waals surface area contributed by atoms with E-state index in [-0.39, 0.29) is 12.5 Å². The highest BCUT2D eigenvalue weighted by Crippen LogP contribution is 2.26. The number of aromatic nitrogens is 4. The molecule has 3 heterocycles. The summed E-state index contributed by atoms with van der Waals surface area (Å²) in [6, 6.07) is -0.450. The summed E-state index contributed by atoms with van der Waals surface area (Å²) in [6.45, 7) is 1.30. The maximum Gasteiger partial charge on any atom is 0.234 e. The van der Waals surface area contributed by atoms with Crippen molar-refractivity contribution in [2.45, 2.75) is 18.4 Å². The second-order valence-electron chi connectivity index (χ2n) is 4.04. The topological polar surface area (TPSA) is 98.6 Å². The molecule has 1 fully saturated rings.